The summed E-state index contributed by atoms with van der Waals surface area (Å²) in [5.74, 6) is 0.124. The number of halogens is 1. The first-order valence-electron chi connectivity index (χ1n) is 8.31. The van der Waals surface area contributed by atoms with Crippen LogP contribution in [0.5, 0.6) is 0 Å². The maximum atomic E-state index is 14.4. The lowest BCUT2D eigenvalue weighted by Crippen LogP contribution is -2.37. The SMILES string of the molecule is Cn1ccnc1[C@@H](NC(=O)c1cnc2n(c1=O)CCS2)c1ccccc1F. The molecule has 0 fully saturated rings. The molecule has 4 rings (SSSR count). The monoisotopic (exact) mass is 385 g/mol. The van der Waals surface area contributed by atoms with Crippen molar-refractivity contribution in [1.82, 2.24) is 24.4 Å². The zero-order valence-electron chi connectivity index (χ0n) is 14.4. The van der Waals surface area contributed by atoms with Crippen LogP contribution in [0.1, 0.15) is 27.8 Å². The summed E-state index contributed by atoms with van der Waals surface area (Å²) in [6.45, 7) is 0.517. The maximum absolute atomic E-state index is 14.4. The molecule has 1 N–H and O–H groups in total. The van der Waals surface area contributed by atoms with Crippen LogP contribution < -0.4 is 10.9 Å². The molecule has 0 saturated carbocycles. The van der Waals surface area contributed by atoms with Crippen molar-refractivity contribution >= 4 is 17.7 Å². The fourth-order valence-corrected chi connectivity index (χ4v) is 3.94. The molecule has 3 aromatic rings. The smallest absolute Gasteiger partial charge is 0.267 e. The molecule has 1 atom stereocenters. The third-order valence-electron chi connectivity index (χ3n) is 4.41. The van der Waals surface area contributed by atoms with Gasteiger partial charge in [-0.1, -0.05) is 30.0 Å². The molecule has 0 spiro atoms. The second kappa shape index (κ2) is 6.99. The average Bonchev–Trinajstić information content (AvgIpc) is 3.30. The van der Waals surface area contributed by atoms with E-state index in [2.05, 4.69) is 15.3 Å². The van der Waals surface area contributed by atoms with E-state index in [1.165, 1.54) is 28.6 Å². The number of carbonyl (C=O) groups excluding carboxylic acids is 1. The number of benzene rings is 1. The highest BCUT2D eigenvalue weighted by Crippen LogP contribution is 2.24. The van der Waals surface area contributed by atoms with Gasteiger partial charge in [0.15, 0.2) is 5.16 Å². The Balaban J connectivity index is 1.73. The van der Waals surface area contributed by atoms with Crippen molar-refractivity contribution in [2.45, 2.75) is 17.7 Å². The highest BCUT2D eigenvalue weighted by molar-refractivity contribution is 7.99. The predicted molar refractivity (Wildman–Crippen MR) is 98.1 cm³/mol. The molecule has 9 heteroatoms. The van der Waals surface area contributed by atoms with Gasteiger partial charge < -0.3 is 9.88 Å². The van der Waals surface area contributed by atoms with Crippen molar-refractivity contribution in [2.75, 3.05) is 5.75 Å². The Kier molecular flexibility index (Phi) is 4.53. The molecule has 1 amide bonds. The van der Waals surface area contributed by atoms with Crippen molar-refractivity contribution in [3.05, 3.63) is 76.0 Å². The Morgan fingerprint density at radius 3 is 2.89 bits per heavy atom. The van der Waals surface area contributed by atoms with Crippen LogP contribution in [-0.2, 0) is 13.6 Å². The fourth-order valence-electron chi connectivity index (χ4n) is 3.03. The van der Waals surface area contributed by atoms with E-state index >= 15 is 0 Å². The van der Waals surface area contributed by atoms with Gasteiger partial charge in [0, 0.05) is 43.5 Å². The summed E-state index contributed by atoms with van der Waals surface area (Å²) >= 11 is 1.47. The normalized spacial score (nSPS) is 14.0. The first-order valence-corrected chi connectivity index (χ1v) is 9.30. The Morgan fingerprint density at radius 1 is 1.33 bits per heavy atom. The van der Waals surface area contributed by atoms with E-state index in [4.69, 9.17) is 0 Å². The minimum absolute atomic E-state index is 0.0724. The first kappa shape index (κ1) is 17.5. The summed E-state index contributed by atoms with van der Waals surface area (Å²) in [5, 5.41) is 3.35. The van der Waals surface area contributed by atoms with Crippen LogP contribution in [0.25, 0.3) is 0 Å². The number of hydrogen-bond acceptors (Lipinski definition) is 5. The molecule has 138 valence electrons. The van der Waals surface area contributed by atoms with Gasteiger partial charge in [-0.25, -0.2) is 14.4 Å². The van der Waals surface area contributed by atoms with Gasteiger partial charge in [-0.3, -0.25) is 14.2 Å². The third-order valence-corrected chi connectivity index (χ3v) is 5.38. The van der Waals surface area contributed by atoms with E-state index in [9.17, 15) is 14.0 Å². The predicted octanol–water partition coefficient (Wildman–Crippen LogP) is 1.74. The van der Waals surface area contributed by atoms with Crippen LogP contribution >= 0.6 is 11.8 Å². The number of hydrogen-bond donors (Lipinski definition) is 1. The van der Waals surface area contributed by atoms with Gasteiger partial charge in [-0.15, -0.1) is 0 Å². The second-order valence-corrected chi connectivity index (χ2v) is 7.15. The molecule has 0 radical (unpaired) electrons. The van der Waals surface area contributed by atoms with Gasteiger partial charge in [-0.05, 0) is 6.07 Å². The van der Waals surface area contributed by atoms with E-state index < -0.39 is 23.3 Å². The second-order valence-electron chi connectivity index (χ2n) is 6.08. The Morgan fingerprint density at radius 2 is 2.15 bits per heavy atom. The lowest BCUT2D eigenvalue weighted by molar-refractivity contribution is 0.0937. The molecule has 1 aliphatic rings. The lowest BCUT2D eigenvalue weighted by atomic mass is 10.0. The van der Waals surface area contributed by atoms with E-state index in [1.54, 1.807) is 42.2 Å². The zero-order chi connectivity index (χ0) is 19.0. The van der Waals surface area contributed by atoms with Gasteiger partial charge in [0.05, 0.1) is 0 Å². The number of amides is 1. The maximum Gasteiger partial charge on any atom is 0.267 e. The Labute approximate surface area is 158 Å². The zero-order valence-corrected chi connectivity index (χ0v) is 15.2. The van der Waals surface area contributed by atoms with Gasteiger partial charge in [0.25, 0.3) is 11.5 Å². The number of nitrogens with zero attached hydrogens (tertiary/aromatic N) is 4. The Hall–Kier alpha value is -2.94. The minimum atomic E-state index is -0.842. The molecule has 7 nitrogen and oxygen atoms in total. The van der Waals surface area contributed by atoms with E-state index in [0.29, 0.717) is 17.5 Å². The number of aromatic nitrogens is 4. The van der Waals surface area contributed by atoms with Crippen LogP contribution in [0.15, 0.2) is 52.8 Å². The molecule has 2 aromatic heterocycles. The van der Waals surface area contributed by atoms with Crippen LogP contribution in [0.3, 0.4) is 0 Å². The number of rotatable bonds is 4. The van der Waals surface area contributed by atoms with Crippen molar-refractivity contribution in [3.8, 4) is 0 Å². The lowest BCUT2D eigenvalue weighted by Gasteiger charge is -2.19. The van der Waals surface area contributed by atoms with Crippen molar-refractivity contribution in [2.24, 2.45) is 7.05 Å². The molecular formula is C18H16FN5O2S. The topological polar surface area (TPSA) is 81.8 Å². The van der Waals surface area contributed by atoms with Crippen molar-refractivity contribution in [1.29, 1.82) is 0 Å². The minimum Gasteiger partial charge on any atom is -0.338 e. The summed E-state index contributed by atoms with van der Waals surface area (Å²) in [7, 11) is 1.76. The largest absolute Gasteiger partial charge is 0.338 e. The van der Waals surface area contributed by atoms with Crippen LogP contribution in [0.2, 0.25) is 0 Å². The quantitative estimate of drug-likeness (QED) is 0.692. The molecule has 0 bridgehead atoms. The number of carbonyl (C=O) groups is 1. The molecule has 0 saturated heterocycles. The molecular weight excluding hydrogens is 369 g/mol. The number of aryl methyl sites for hydroxylation is 1. The number of thioether (sulfide) groups is 1. The van der Waals surface area contributed by atoms with Gasteiger partial charge >= 0.3 is 0 Å². The van der Waals surface area contributed by atoms with Gasteiger partial charge in [0.1, 0.15) is 23.2 Å². The Bertz CT molecular complexity index is 1080. The highest BCUT2D eigenvalue weighted by atomic mass is 32.2. The molecule has 0 unspecified atom stereocenters. The number of fused-ring (bicyclic) bond motifs is 1. The summed E-state index contributed by atoms with van der Waals surface area (Å²) in [6, 6.07) is 5.32. The summed E-state index contributed by atoms with van der Waals surface area (Å²) in [6.07, 6.45) is 4.55. The number of nitrogens with one attached hydrogen (secondary N) is 1. The van der Waals surface area contributed by atoms with E-state index in [-0.39, 0.29) is 11.1 Å². The standard InChI is InChI=1S/C18H16FN5O2S/c1-23-7-6-20-15(23)14(11-4-2-3-5-13(11)19)22-16(25)12-10-21-18-24(17(12)26)8-9-27-18/h2-7,10,14H,8-9H2,1H3,(H,22,25)/t14-/m0/s1. The van der Waals surface area contributed by atoms with Gasteiger partial charge in [0.2, 0.25) is 0 Å². The van der Waals surface area contributed by atoms with Crippen LogP contribution in [0.4, 0.5) is 4.39 Å². The third kappa shape index (κ3) is 3.14. The summed E-state index contributed by atoms with van der Waals surface area (Å²) in [5.41, 5.74) is -0.198. The van der Waals surface area contributed by atoms with Crippen LogP contribution in [-0.4, -0.2) is 30.8 Å². The molecule has 0 aliphatic carbocycles. The van der Waals surface area contributed by atoms with E-state index in [1.807, 2.05) is 0 Å². The highest BCUT2D eigenvalue weighted by Gasteiger charge is 2.26. The van der Waals surface area contributed by atoms with Crippen LogP contribution in [0, 0.1) is 5.82 Å². The van der Waals surface area contributed by atoms with Crippen molar-refractivity contribution < 1.29 is 9.18 Å². The molecule has 1 aromatic carbocycles. The molecule has 27 heavy (non-hydrogen) atoms. The van der Waals surface area contributed by atoms with Crippen molar-refractivity contribution in [3.63, 3.8) is 0 Å². The average molecular weight is 385 g/mol. The van der Waals surface area contributed by atoms with E-state index in [0.717, 1.165) is 5.75 Å². The molecule has 3 heterocycles. The molecule has 1 aliphatic heterocycles. The fraction of sp³-hybridized carbons (Fsp3) is 0.222. The summed E-state index contributed by atoms with van der Waals surface area (Å²) < 4.78 is 17.6. The summed E-state index contributed by atoms with van der Waals surface area (Å²) in [4.78, 5) is 33.9. The van der Waals surface area contributed by atoms with Gasteiger partial charge in [-0.2, -0.15) is 0 Å². The number of imidazole rings is 1. The first-order chi connectivity index (χ1) is 13.1.